The minimum atomic E-state index is -0.361. The lowest BCUT2D eigenvalue weighted by atomic mass is 9.84. The van der Waals surface area contributed by atoms with E-state index < -0.39 is 0 Å². The van der Waals surface area contributed by atoms with E-state index in [9.17, 15) is 4.39 Å². The maximum atomic E-state index is 13.9. The Bertz CT molecular complexity index is 488. The average molecular weight is 423 g/mol. The third kappa shape index (κ3) is 5.02. The maximum absolute atomic E-state index is 13.9. The summed E-state index contributed by atoms with van der Waals surface area (Å²) < 4.78 is 13.9. The molecule has 0 aromatic heterocycles. The highest BCUT2D eigenvalue weighted by molar-refractivity contribution is 14.0. The average Bonchev–Trinajstić information content (AvgIpc) is 2.46. The van der Waals surface area contributed by atoms with Gasteiger partial charge in [0.25, 0.3) is 0 Å². The predicted molar refractivity (Wildman–Crippen MR) is 100 cm³/mol. The van der Waals surface area contributed by atoms with Crippen molar-refractivity contribution in [1.82, 2.24) is 4.90 Å². The van der Waals surface area contributed by atoms with Gasteiger partial charge in [0.1, 0.15) is 5.82 Å². The van der Waals surface area contributed by atoms with Crippen LogP contribution in [0.1, 0.15) is 19.4 Å². The smallest absolute Gasteiger partial charge is 0.191 e. The molecule has 6 heteroatoms. The molecule has 0 atom stereocenters. The standard InChI is InChI=1S/C15H22FN3S.HI/c1-15(2,12-5-3-4-6-13(12)16)11-18-14(17)19-7-9-20-10-8-19;/h3-6H,7-11H2,1-2H3,(H2,17,18);1H. The predicted octanol–water partition coefficient (Wildman–Crippen LogP) is 3.08. The van der Waals surface area contributed by atoms with Crippen molar-refractivity contribution in [3.05, 3.63) is 35.6 Å². The third-order valence-corrected chi connectivity index (χ3v) is 4.52. The van der Waals surface area contributed by atoms with Gasteiger partial charge < -0.3 is 10.6 Å². The zero-order chi connectivity index (χ0) is 14.6. The fourth-order valence-corrected chi connectivity index (χ4v) is 3.17. The molecule has 0 unspecified atom stereocenters. The monoisotopic (exact) mass is 423 g/mol. The quantitative estimate of drug-likeness (QED) is 0.462. The van der Waals surface area contributed by atoms with Gasteiger partial charge in [0.15, 0.2) is 5.96 Å². The van der Waals surface area contributed by atoms with E-state index in [1.54, 1.807) is 6.07 Å². The molecule has 1 saturated heterocycles. The molecule has 2 rings (SSSR count). The number of halogens is 2. The number of hydrogen-bond donors (Lipinski definition) is 1. The lowest BCUT2D eigenvalue weighted by molar-refractivity contribution is 0.446. The molecule has 1 aliphatic rings. The van der Waals surface area contributed by atoms with Crippen molar-refractivity contribution < 1.29 is 4.39 Å². The van der Waals surface area contributed by atoms with Crippen LogP contribution in [0.2, 0.25) is 0 Å². The van der Waals surface area contributed by atoms with Gasteiger partial charge in [-0.1, -0.05) is 32.0 Å². The van der Waals surface area contributed by atoms with Crippen molar-refractivity contribution in [2.75, 3.05) is 31.1 Å². The summed E-state index contributed by atoms with van der Waals surface area (Å²) in [6.07, 6.45) is 0. The molecule has 0 saturated carbocycles. The zero-order valence-electron chi connectivity index (χ0n) is 12.5. The Morgan fingerprint density at radius 2 is 1.95 bits per heavy atom. The van der Waals surface area contributed by atoms with E-state index in [1.165, 1.54) is 6.07 Å². The van der Waals surface area contributed by atoms with Crippen molar-refractivity contribution in [2.24, 2.45) is 10.7 Å². The number of rotatable bonds is 3. The van der Waals surface area contributed by atoms with Gasteiger partial charge in [0, 0.05) is 30.0 Å². The Labute approximate surface area is 147 Å². The highest BCUT2D eigenvalue weighted by Gasteiger charge is 2.24. The van der Waals surface area contributed by atoms with Crippen molar-refractivity contribution in [2.45, 2.75) is 19.3 Å². The molecule has 1 fully saturated rings. The van der Waals surface area contributed by atoms with Crippen LogP contribution >= 0.6 is 35.7 Å². The van der Waals surface area contributed by atoms with E-state index in [0.29, 0.717) is 18.1 Å². The molecular formula is C15H23FIN3S. The molecule has 1 aromatic rings. The van der Waals surface area contributed by atoms with E-state index in [1.807, 2.05) is 37.7 Å². The normalized spacial score (nSPS) is 16.5. The number of guanidine groups is 1. The maximum Gasteiger partial charge on any atom is 0.191 e. The van der Waals surface area contributed by atoms with Gasteiger partial charge >= 0.3 is 0 Å². The number of thioether (sulfide) groups is 1. The fraction of sp³-hybridized carbons (Fsp3) is 0.533. The van der Waals surface area contributed by atoms with Crippen LogP contribution in [0, 0.1) is 5.82 Å². The Balaban J connectivity index is 0.00000220. The minimum absolute atomic E-state index is 0. The van der Waals surface area contributed by atoms with Gasteiger partial charge in [-0.25, -0.2) is 4.39 Å². The SMILES string of the molecule is CC(C)(CN=C(N)N1CCSCC1)c1ccccc1F.I. The minimum Gasteiger partial charge on any atom is -0.370 e. The second kappa shape index (κ2) is 8.22. The molecule has 3 nitrogen and oxygen atoms in total. The van der Waals surface area contributed by atoms with Gasteiger partial charge in [-0.15, -0.1) is 24.0 Å². The molecule has 118 valence electrons. The number of nitrogens with zero attached hydrogens (tertiary/aromatic N) is 2. The summed E-state index contributed by atoms with van der Waals surface area (Å²) in [5.74, 6) is 2.58. The highest BCUT2D eigenvalue weighted by Crippen LogP contribution is 2.26. The van der Waals surface area contributed by atoms with Gasteiger partial charge in [-0.2, -0.15) is 11.8 Å². The summed E-state index contributed by atoms with van der Waals surface area (Å²) in [5.41, 5.74) is 6.37. The number of benzene rings is 1. The van der Waals surface area contributed by atoms with E-state index in [4.69, 9.17) is 5.73 Å². The van der Waals surface area contributed by atoms with Gasteiger partial charge in [-0.05, 0) is 11.6 Å². The molecule has 1 aliphatic heterocycles. The molecule has 0 radical (unpaired) electrons. The van der Waals surface area contributed by atoms with Crippen molar-refractivity contribution in [3.8, 4) is 0 Å². The summed E-state index contributed by atoms with van der Waals surface area (Å²) in [6.45, 7) is 6.37. The highest BCUT2D eigenvalue weighted by atomic mass is 127. The lowest BCUT2D eigenvalue weighted by Crippen LogP contribution is -2.43. The van der Waals surface area contributed by atoms with Crippen LogP contribution in [0.3, 0.4) is 0 Å². The second-order valence-electron chi connectivity index (χ2n) is 5.64. The molecule has 0 spiro atoms. The zero-order valence-corrected chi connectivity index (χ0v) is 15.7. The first kappa shape index (κ1) is 18.5. The fourth-order valence-electron chi connectivity index (χ4n) is 2.27. The first-order valence-corrected chi connectivity index (χ1v) is 8.04. The van der Waals surface area contributed by atoms with E-state index in [2.05, 4.69) is 9.89 Å². The summed E-state index contributed by atoms with van der Waals surface area (Å²) >= 11 is 1.94. The van der Waals surface area contributed by atoms with Gasteiger partial charge in [-0.3, -0.25) is 4.99 Å². The van der Waals surface area contributed by atoms with E-state index in [0.717, 1.165) is 24.6 Å². The van der Waals surface area contributed by atoms with Crippen LogP contribution in [-0.2, 0) is 5.41 Å². The van der Waals surface area contributed by atoms with Crippen LogP contribution in [-0.4, -0.2) is 42.0 Å². The van der Waals surface area contributed by atoms with E-state index in [-0.39, 0.29) is 35.2 Å². The lowest BCUT2D eigenvalue weighted by Gasteiger charge is -2.29. The Kier molecular flexibility index (Phi) is 7.26. The van der Waals surface area contributed by atoms with E-state index >= 15 is 0 Å². The first-order valence-electron chi connectivity index (χ1n) is 6.88. The largest absolute Gasteiger partial charge is 0.370 e. The molecule has 1 heterocycles. The van der Waals surface area contributed by atoms with Crippen LogP contribution < -0.4 is 5.73 Å². The molecular weight excluding hydrogens is 400 g/mol. The molecule has 0 amide bonds. The number of nitrogens with two attached hydrogens (primary N) is 1. The van der Waals surface area contributed by atoms with Crippen LogP contribution in [0.4, 0.5) is 4.39 Å². The first-order chi connectivity index (χ1) is 9.50. The molecule has 0 bridgehead atoms. The summed E-state index contributed by atoms with van der Waals surface area (Å²) in [7, 11) is 0. The third-order valence-electron chi connectivity index (χ3n) is 3.57. The number of aliphatic imine (C=N–C) groups is 1. The Morgan fingerprint density at radius 1 is 1.33 bits per heavy atom. The van der Waals surface area contributed by atoms with Crippen LogP contribution in [0.5, 0.6) is 0 Å². The van der Waals surface area contributed by atoms with Crippen molar-refractivity contribution in [1.29, 1.82) is 0 Å². The van der Waals surface area contributed by atoms with Gasteiger partial charge in [0.2, 0.25) is 0 Å². The summed E-state index contributed by atoms with van der Waals surface area (Å²) in [4.78, 5) is 6.59. The Hall–Kier alpha value is -0.500. The molecule has 0 aliphatic carbocycles. The number of hydrogen-bond acceptors (Lipinski definition) is 2. The Morgan fingerprint density at radius 3 is 2.57 bits per heavy atom. The van der Waals surface area contributed by atoms with Crippen LogP contribution in [0.15, 0.2) is 29.3 Å². The second-order valence-corrected chi connectivity index (χ2v) is 6.86. The van der Waals surface area contributed by atoms with Crippen molar-refractivity contribution >= 4 is 41.7 Å². The van der Waals surface area contributed by atoms with Crippen LogP contribution in [0.25, 0.3) is 0 Å². The molecule has 21 heavy (non-hydrogen) atoms. The molecule has 2 N–H and O–H groups in total. The topological polar surface area (TPSA) is 41.6 Å². The molecule has 1 aromatic carbocycles. The summed E-state index contributed by atoms with van der Waals surface area (Å²) in [5, 5.41) is 0. The van der Waals surface area contributed by atoms with Gasteiger partial charge in [0.05, 0.1) is 6.54 Å². The summed E-state index contributed by atoms with van der Waals surface area (Å²) in [6, 6.07) is 6.87. The van der Waals surface area contributed by atoms with Crippen molar-refractivity contribution in [3.63, 3.8) is 0 Å².